The minimum atomic E-state index is -3.59. The number of aromatic nitrogens is 3. The number of imidazole rings is 1. The first-order valence-electron chi connectivity index (χ1n) is 22.7. The molecule has 5 unspecified atom stereocenters. The zero-order valence-corrected chi connectivity index (χ0v) is 44.6. The molecule has 2 saturated heterocycles. The monoisotopic (exact) mass is 1140 g/mol. The van der Waals surface area contributed by atoms with E-state index in [1.807, 2.05) is 0 Å². The number of carboxylic acids is 2. The number of aliphatic carboxylic acids is 2. The molecular formula is C46H49Cl3FN9O12S3. The van der Waals surface area contributed by atoms with Crippen molar-refractivity contribution in [2.45, 2.75) is 50.2 Å². The van der Waals surface area contributed by atoms with E-state index < -0.39 is 84.5 Å². The van der Waals surface area contributed by atoms with Gasteiger partial charge in [0.25, 0.3) is 0 Å². The number of nitrogens with zero attached hydrogens (tertiary/aromatic N) is 7. The molecule has 0 saturated carbocycles. The van der Waals surface area contributed by atoms with Crippen LogP contribution in [0.3, 0.4) is 0 Å². The van der Waals surface area contributed by atoms with Crippen LogP contribution in [0.1, 0.15) is 54.8 Å². The fraction of sp³-hybridized carbons (Fsp3) is 0.391. The van der Waals surface area contributed by atoms with Gasteiger partial charge in [-0.05, 0) is 45.0 Å². The van der Waals surface area contributed by atoms with Crippen LogP contribution in [0.2, 0.25) is 15.1 Å². The highest BCUT2D eigenvalue weighted by Gasteiger charge is 2.45. The van der Waals surface area contributed by atoms with Crippen molar-refractivity contribution < 1.29 is 60.1 Å². The predicted molar refractivity (Wildman–Crippen MR) is 273 cm³/mol. The third kappa shape index (κ3) is 12.5. The Morgan fingerprint density at radius 1 is 0.797 bits per heavy atom. The third-order valence-corrected chi connectivity index (χ3v) is 17.7. The van der Waals surface area contributed by atoms with Crippen LogP contribution in [0.5, 0.6) is 0 Å². The van der Waals surface area contributed by atoms with Crippen LogP contribution in [-0.4, -0.2) is 161 Å². The lowest BCUT2D eigenvalue weighted by molar-refractivity contribution is -0.144. The molecule has 2 fully saturated rings. The molecular weight excluding hydrogens is 1090 g/mol. The number of benzene rings is 2. The number of rotatable bonds is 14. The van der Waals surface area contributed by atoms with Gasteiger partial charge in [0.1, 0.15) is 30.0 Å². The van der Waals surface area contributed by atoms with Gasteiger partial charge in [0.2, 0.25) is 0 Å². The molecule has 396 valence electrons. The van der Waals surface area contributed by atoms with Gasteiger partial charge >= 0.3 is 23.9 Å². The first-order chi connectivity index (χ1) is 35.0. The summed E-state index contributed by atoms with van der Waals surface area (Å²) < 4.78 is 75.4. The van der Waals surface area contributed by atoms with E-state index in [1.54, 1.807) is 67.6 Å². The second-order valence-electron chi connectivity index (χ2n) is 17.0. The van der Waals surface area contributed by atoms with Gasteiger partial charge in [-0.25, -0.2) is 40.8 Å². The Bertz CT molecular complexity index is 3210. The highest BCUT2D eigenvalue weighted by Crippen LogP contribution is 2.39. The Morgan fingerprint density at radius 2 is 1.38 bits per heavy atom. The lowest BCUT2D eigenvalue weighted by Gasteiger charge is -2.38. The molecule has 2 aromatic heterocycles. The molecule has 0 spiro atoms. The summed E-state index contributed by atoms with van der Waals surface area (Å²) in [6.45, 7) is 4.54. The van der Waals surface area contributed by atoms with Gasteiger partial charge in [-0.15, -0.1) is 11.3 Å². The Morgan fingerprint density at radius 3 is 1.92 bits per heavy atom. The van der Waals surface area contributed by atoms with E-state index in [-0.39, 0.29) is 83.6 Å². The zero-order valence-electron chi connectivity index (χ0n) is 39.9. The smallest absolute Gasteiger partial charge is 0.338 e. The zero-order chi connectivity index (χ0) is 53.8. The van der Waals surface area contributed by atoms with Crippen LogP contribution in [0.15, 0.2) is 92.9 Å². The SMILES string of the molecule is CCOC(=O)C1=C(CN2CCS(=O)(=O)C(C)C2C(=O)O)NC(c2nccs2)=NC1c1ccc(Cl)cc1Cl.CCOC(=O)C1=C(CN2CCS(=O)(=O)CC2C(=O)O)NC(c2nccn2C)=NC1c1ccc(F)cc1Cl. The maximum absolute atomic E-state index is 13.9. The summed E-state index contributed by atoms with van der Waals surface area (Å²) in [5.41, 5.74) is 1.58. The molecule has 21 nitrogen and oxygen atoms in total. The van der Waals surface area contributed by atoms with Gasteiger partial charge in [0, 0.05) is 94.8 Å². The summed E-state index contributed by atoms with van der Waals surface area (Å²) in [5, 5.41) is 27.8. The molecule has 0 bridgehead atoms. The van der Waals surface area contributed by atoms with Crippen molar-refractivity contribution in [2.24, 2.45) is 17.0 Å². The number of sulfone groups is 2. The van der Waals surface area contributed by atoms with Gasteiger partial charge < -0.3 is 34.9 Å². The highest BCUT2D eigenvalue weighted by atomic mass is 35.5. The van der Waals surface area contributed by atoms with Crippen molar-refractivity contribution in [1.82, 2.24) is 35.0 Å². The number of aliphatic imine (C=N–C) groups is 2. The van der Waals surface area contributed by atoms with E-state index in [1.165, 1.54) is 40.2 Å². The minimum Gasteiger partial charge on any atom is -0.480 e. The molecule has 8 rings (SSSR count). The maximum atomic E-state index is 13.9. The number of nitrogens with one attached hydrogen (secondary N) is 2. The Kier molecular flexibility index (Phi) is 17.7. The number of ether oxygens (including phenoxy) is 2. The number of carboxylic acid groups (broad SMARTS) is 2. The number of hydrogen-bond donors (Lipinski definition) is 4. The van der Waals surface area contributed by atoms with E-state index in [0.29, 0.717) is 38.5 Å². The molecule has 4 N–H and O–H groups in total. The molecule has 0 amide bonds. The first kappa shape index (κ1) is 55.9. The molecule has 4 aliphatic heterocycles. The van der Waals surface area contributed by atoms with E-state index in [9.17, 15) is 50.6 Å². The molecule has 4 aromatic rings. The lowest BCUT2D eigenvalue weighted by atomic mass is 9.95. The van der Waals surface area contributed by atoms with Crippen LogP contribution in [0, 0.1) is 5.82 Å². The molecule has 0 aliphatic carbocycles. The van der Waals surface area contributed by atoms with E-state index in [0.717, 1.165) is 6.07 Å². The standard InChI is InChI=1S/C23H24Cl2N4O6S2.C23H25ClFN5O6S/c1-3-35-23(32)17-16(11-29-7-9-37(33,34)12(2)19(29)22(30)31)27-20(21-26-6-8-36-21)28-18(17)14-5-4-13(24)10-15(14)25;1-3-36-23(33)18-16(11-30-8-9-37(34,35)12-17(30)22(31)32)27-20(21-26-6-7-29(21)2)28-19(18)14-5-4-13(25)10-15(14)24/h4-6,8,10,12,18-19H,3,7,9,11H2,1-2H3,(H,27,28)(H,30,31);4-7,10,17,19H,3,8-9,11-12H2,1-2H3,(H,27,28)(H,31,32). The Hall–Kier alpha value is -5.80. The van der Waals surface area contributed by atoms with Crippen molar-refractivity contribution in [1.29, 1.82) is 0 Å². The summed E-state index contributed by atoms with van der Waals surface area (Å²) in [6.07, 6.45) is 4.86. The second-order valence-corrected chi connectivity index (χ2v) is 23.9. The number of halogens is 4. The van der Waals surface area contributed by atoms with E-state index in [2.05, 4.69) is 25.6 Å². The number of amidine groups is 2. The number of carbonyl (C=O) groups excluding carboxylic acids is 2. The molecule has 2 aromatic carbocycles. The fourth-order valence-electron chi connectivity index (χ4n) is 8.65. The number of aryl methyl sites for hydroxylation is 1. The number of hydrogen-bond acceptors (Lipinski definition) is 19. The summed E-state index contributed by atoms with van der Waals surface area (Å²) in [5.74, 6) is -4.48. The van der Waals surface area contributed by atoms with Crippen LogP contribution in [0.25, 0.3) is 0 Å². The van der Waals surface area contributed by atoms with Crippen LogP contribution in [0.4, 0.5) is 4.39 Å². The molecule has 74 heavy (non-hydrogen) atoms. The lowest BCUT2D eigenvalue weighted by Crippen LogP contribution is -2.58. The number of thiazole rings is 1. The van der Waals surface area contributed by atoms with Crippen molar-refractivity contribution in [2.75, 3.05) is 56.7 Å². The van der Waals surface area contributed by atoms with Crippen LogP contribution >= 0.6 is 46.1 Å². The van der Waals surface area contributed by atoms with Gasteiger partial charge in [-0.2, -0.15) is 0 Å². The quantitative estimate of drug-likeness (QED) is 0.129. The molecule has 0 radical (unpaired) electrons. The number of esters is 2. The molecule has 28 heteroatoms. The molecule has 4 aliphatic rings. The Labute approximate surface area is 443 Å². The summed E-state index contributed by atoms with van der Waals surface area (Å²) in [6, 6.07) is 3.97. The first-order valence-corrected chi connectivity index (χ1v) is 28.2. The van der Waals surface area contributed by atoms with Gasteiger partial charge in [0.05, 0.1) is 46.9 Å². The van der Waals surface area contributed by atoms with E-state index >= 15 is 0 Å². The maximum Gasteiger partial charge on any atom is 0.338 e. The second kappa shape index (κ2) is 23.4. The topological polar surface area (TPSA) is 281 Å². The molecule has 6 heterocycles. The van der Waals surface area contributed by atoms with Gasteiger partial charge in [-0.3, -0.25) is 29.4 Å². The van der Waals surface area contributed by atoms with Gasteiger partial charge in [0.15, 0.2) is 42.2 Å². The summed E-state index contributed by atoms with van der Waals surface area (Å²) >= 11 is 20.3. The highest BCUT2D eigenvalue weighted by molar-refractivity contribution is 7.92. The van der Waals surface area contributed by atoms with Crippen LogP contribution in [-0.2, 0) is 55.4 Å². The number of carbonyl (C=O) groups is 4. The van der Waals surface area contributed by atoms with Gasteiger partial charge in [-0.1, -0.05) is 46.9 Å². The average Bonchev–Trinajstić information content (AvgIpc) is 4.03. The summed E-state index contributed by atoms with van der Waals surface area (Å²) in [7, 11) is -5.39. The van der Waals surface area contributed by atoms with Crippen molar-refractivity contribution in [3.8, 4) is 0 Å². The fourth-order valence-corrected chi connectivity index (χ4v) is 13.1. The average molecular weight is 1140 g/mol. The third-order valence-electron chi connectivity index (χ3n) is 12.3. The summed E-state index contributed by atoms with van der Waals surface area (Å²) in [4.78, 5) is 71.6. The predicted octanol–water partition coefficient (Wildman–Crippen LogP) is 4.23. The van der Waals surface area contributed by atoms with Crippen molar-refractivity contribution >= 4 is 101 Å². The molecule has 5 atom stereocenters. The minimum absolute atomic E-state index is 0.0268. The Balaban J connectivity index is 0.000000216. The van der Waals surface area contributed by atoms with Crippen molar-refractivity contribution in [3.63, 3.8) is 0 Å². The van der Waals surface area contributed by atoms with Crippen LogP contribution < -0.4 is 10.6 Å². The largest absolute Gasteiger partial charge is 0.480 e. The normalized spacial score (nSPS) is 22.8. The van der Waals surface area contributed by atoms with E-state index in [4.69, 9.17) is 49.3 Å². The van der Waals surface area contributed by atoms with Crippen molar-refractivity contribution in [3.05, 3.63) is 126 Å².